The summed E-state index contributed by atoms with van der Waals surface area (Å²) in [6.07, 6.45) is -1.17. The molecule has 0 fully saturated rings. The highest BCUT2D eigenvalue weighted by Gasteiger charge is 2.30. The van der Waals surface area contributed by atoms with Crippen molar-refractivity contribution >= 4 is 17.9 Å². The van der Waals surface area contributed by atoms with E-state index in [2.05, 4.69) is 10.6 Å². The predicted molar refractivity (Wildman–Crippen MR) is 84.0 cm³/mol. The van der Waals surface area contributed by atoms with Crippen LogP contribution >= 0.6 is 0 Å². The van der Waals surface area contributed by atoms with Gasteiger partial charge in [-0.25, -0.2) is 4.79 Å². The minimum Gasteiger partial charge on any atom is -0.465 e. The standard InChI is InChI=1S/C15H21N3O6/c1-15(23,24)11(7-10-5-3-2-4-6-10)18-13(20)9-16-12(19)8-17-14(21)22/h2-6,11,17,23-24H,7-9H2,1H3,(H,16,19)(H,18,20)(H,21,22)/t11-/m0/s1. The molecule has 0 unspecified atom stereocenters. The summed E-state index contributed by atoms with van der Waals surface area (Å²) >= 11 is 0. The van der Waals surface area contributed by atoms with E-state index in [9.17, 15) is 24.6 Å². The van der Waals surface area contributed by atoms with Crippen LogP contribution in [-0.2, 0) is 16.0 Å². The molecule has 0 aliphatic rings. The van der Waals surface area contributed by atoms with Crippen LogP contribution in [0.4, 0.5) is 4.79 Å². The lowest BCUT2D eigenvalue weighted by molar-refractivity contribution is -0.171. The molecule has 0 bridgehead atoms. The minimum atomic E-state index is -2.15. The van der Waals surface area contributed by atoms with Gasteiger partial charge in [-0.3, -0.25) is 9.59 Å². The highest BCUT2D eigenvalue weighted by molar-refractivity contribution is 5.87. The van der Waals surface area contributed by atoms with Crippen LogP contribution in [0.1, 0.15) is 12.5 Å². The third-order valence-electron chi connectivity index (χ3n) is 3.12. The van der Waals surface area contributed by atoms with Gasteiger partial charge in [-0.1, -0.05) is 30.3 Å². The van der Waals surface area contributed by atoms with Crippen LogP contribution in [0.25, 0.3) is 0 Å². The Bertz CT molecular complexity index is 570. The molecule has 0 aromatic heterocycles. The van der Waals surface area contributed by atoms with Crippen LogP contribution in [-0.4, -0.2) is 58.1 Å². The van der Waals surface area contributed by atoms with Crippen molar-refractivity contribution in [2.24, 2.45) is 0 Å². The lowest BCUT2D eigenvalue weighted by atomic mass is 9.99. The number of carbonyl (C=O) groups is 3. The van der Waals surface area contributed by atoms with Crippen molar-refractivity contribution in [2.75, 3.05) is 13.1 Å². The fourth-order valence-electron chi connectivity index (χ4n) is 1.87. The Kier molecular flexibility index (Phi) is 7.15. The molecule has 3 amide bonds. The van der Waals surface area contributed by atoms with Gasteiger partial charge in [0.25, 0.3) is 0 Å². The van der Waals surface area contributed by atoms with Crippen molar-refractivity contribution in [2.45, 2.75) is 25.2 Å². The van der Waals surface area contributed by atoms with Crippen molar-refractivity contribution in [1.29, 1.82) is 0 Å². The van der Waals surface area contributed by atoms with Gasteiger partial charge in [0.1, 0.15) is 0 Å². The molecule has 1 rings (SSSR count). The maximum absolute atomic E-state index is 11.8. The van der Waals surface area contributed by atoms with Crippen LogP contribution < -0.4 is 16.0 Å². The number of nitrogens with one attached hydrogen (secondary N) is 3. The summed E-state index contributed by atoms with van der Waals surface area (Å²) in [5, 5.41) is 34.5. The van der Waals surface area contributed by atoms with Crippen molar-refractivity contribution in [3.8, 4) is 0 Å². The average molecular weight is 339 g/mol. The van der Waals surface area contributed by atoms with Crippen LogP contribution in [0.15, 0.2) is 30.3 Å². The van der Waals surface area contributed by atoms with Gasteiger partial charge in [-0.15, -0.1) is 0 Å². The molecule has 0 radical (unpaired) electrons. The molecule has 24 heavy (non-hydrogen) atoms. The van der Waals surface area contributed by atoms with E-state index >= 15 is 0 Å². The molecule has 0 spiro atoms. The molecule has 9 heteroatoms. The van der Waals surface area contributed by atoms with Crippen molar-refractivity contribution in [3.63, 3.8) is 0 Å². The van der Waals surface area contributed by atoms with E-state index in [1.54, 1.807) is 24.3 Å². The normalized spacial score (nSPS) is 12.1. The topological polar surface area (TPSA) is 148 Å². The second-order valence-electron chi connectivity index (χ2n) is 5.34. The smallest absolute Gasteiger partial charge is 0.405 e. The van der Waals surface area contributed by atoms with Gasteiger partial charge in [0, 0.05) is 0 Å². The number of carbonyl (C=O) groups excluding carboxylic acids is 2. The second-order valence-corrected chi connectivity index (χ2v) is 5.34. The fraction of sp³-hybridized carbons (Fsp3) is 0.400. The van der Waals surface area contributed by atoms with Gasteiger partial charge in [0.05, 0.1) is 19.1 Å². The number of aliphatic hydroxyl groups is 2. The third-order valence-corrected chi connectivity index (χ3v) is 3.12. The van der Waals surface area contributed by atoms with Crippen molar-refractivity contribution in [1.82, 2.24) is 16.0 Å². The summed E-state index contributed by atoms with van der Waals surface area (Å²) in [5.41, 5.74) is 0.798. The molecule has 6 N–H and O–H groups in total. The maximum atomic E-state index is 11.8. The minimum absolute atomic E-state index is 0.185. The van der Waals surface area contributed by atoms with Gasteiger partial charge in [0.15, 0.2) is 5.79 Å². The average Bonchev–Trinajstić information content (AvgIpc) is 2.50. The Morgan fingerprint density at radius 1 is 1.04 bits per heavy atom. The molecule has 9 nitrogen and oxygen atoms in total. The first-order chi connectivity index (χ1) is 11.2. The van der Waals surface area contributed by atoms with Crippen molar-refractivity contribution in [3.05, 3.63) is 35.9 Å². The van der Waals surface area contributed by atoms with E-state index < -0.39 is 42.8 Å². The highest BCUT2D eigenvalue weighted by atomic mass is 16.5. The zero-order valence-corrected chi connectivity index (χ0v) is 13.2. The molecule has 0 saturated carbocycles. The molecule has 0 aliphatic heterocycles. The Labute approximate surface area is 138 Å². The number of carboxylic acid groups (broad SMARTS) is 1. The molecule has 1 atom stereocenters. The van der Waals surface area contributed by atoms with Gasteiger partial charge >= 0.3 is 6.09 Å². The summed E-state index contributed by atoms with van der Waals surface area (Å²) < 4.78 is 0. The van der Waals surface area contributed by atoms with Crippen LogP contribution in [0.5, 0.6) is 0 Å². The quantitative estimate of drug-likeness (QED) is 0.328. The van der Waals surface area contributed by atoms with E-state index in [-0.39, 0.29) is 6.42 Å². The first kappa shape index (κ1) is 19.4. The summed E-state index contributed by atoms with van der Waals surface area (Å²) in [6.45, 7) is 0.255. The van der Waals surface area contributed by atoms with Crippen LogP contribution in [0, 0.1) is 0 Å². The zero-order valence-electron chi connectivity index (χ0n) is 13.2. The molecule has 1 aromatic rings. The summed E-state index contributed by atoms with van der Waals surface area (Å²) in [6, 6.07) is 7.97. The van der Waals surface area contributed by atoms with Gasteiger partial charge in [-0.2, -0.15) is 0 Å². The largest absolute Gasteiger partial charge is 0.465 e. The Morgan fingerprint density at radius 3 is 2.17 bits per heavy atom. The Morgan fingerprint density at radius 2 is 1.62 bits per heavy atom. The van der Waals surface area contributed by atoms with E-state index in [0.717, 1.165) is 12.5 Å². The molecule has 0 heterocycles. The third kappa shape index (κ3) is 7.56. The first-order valence-corrected chi connectivity index (χ1v) is 7.20. The first-order valence-electron chi connectivity index (χ1n) is 7.20. The fourth-order valence-corrected chi connectivity index (χ4v) is 1.87. The lowest BCUT2D eigenvalue weighted by Gasteiger charge is -2.29. The maximum Gasteiger partial charge on any atom is 0.405 e. The summed E-state index contributed by atoms with van der Waals surface area (Å²) in [7, 11) is 0. The monoisotopic (exact) mass is 339 g/mol. The van der Waals surface area contributed by atoms with Crippen LogP contribution in [0.2, 0.25) is 0 Å². The highest BCUT2D eigenvalue weighted by Crippen LogP contribution is 2.12. The molecule has 1 aromatic carbocycles. The summed E-state index contributed by atoms with van der Waals surface area (Å²) in [5.74, 6) is -3.46. The van der Waals surface area contributed by atoms with E-state index in [0.29, 0.717) is 0 Å². The molecular formula is C15H21N3O6. The second kappa shape index (κ2) is 8.85. The molecule has 132 valence electrons. The molecule has 0 saturated heterocycles. The van der Waals surface area contributed by atoms with Crippen LogP contribution in [0.3, 0.4) is 0 Å². The molecule has 0 aliphatic carbocycles. The van der Waals surface area contributed by atoms with E-state index in [1.165, 1.54) is 0 Å². The van der Waals surface area contributed by atoms with Crippen molar-refractivity contribution < 1.29 is 29.7 Å². The summed E-state index contributed by atoms with van der Waals surface area (Å²) in [4.78, 5) is 33.4. The Balaban J connectivity index is 2.53. The number of amides is 3. The number of hydrogen-bond donors (Lipinski definition) is 6. The van der Waals surface area contributed by atoms with Gasteiger partial charge < -0.3 is 31.3 Å². The Hall–Kier alpha value is -2.65. The lowest BCUT2D eigenvalue weighted by Crippen LogP contribution is -2.54. The SMILES string of the molecule is CC(O)(O)[C@H](Cc1ccccc1)NC(=O)CNC(=O)CNC(=O)O. The van der Waals surface area contributed by atoms with Gasteiger partial charge in [-0.05, 0) is 18.9 Å². The van der Waals surface area contributed by atoms with E-state index in [4.69, 9.17) is 5.11 Å². The molecular weight excluding hydrogens is 318 g/mol. The van der Waals surface area contributed by atoms with Gasteiger partial charge in [0.2, 0.25) is 11.8 Å². The van der Waals surface area contributed by atoms with E-state index in [1.807, 2.05) is 11.4 Å². The number of benzene rings is 1. The number of hydrogen-bond acceptors (Lipinski definition) is 5. The predicted octanol–water partition coefficient (Wildman–Crippen LogP) is -1.20. The number of rotatable bonds is 8. The zero-order chi connectivity index (χ0) is 18.2.